The van der Waals surface area contributed by atoms with Crippen molar-refractivity contribution in [2.75, 3.05) is 13.2 Å². The average molecular weight is 310 g/mol. The Hall–Kier alpha value is -1.28. The van der Waals surface area contributed by atoms with Gasteiger partial charge in [-0.15, -0.1) is 6.58 Å². The first-order valence-corrected chi connectivity index (χ1v) is 7.18. The maximum Gasteiger partial charge on any atom is 0.187 e. The third kappa shape index (κ3) is 4.13. The Bertz CT molecular complexity index is 451. The molecule has 0 bridgehead atoms. The first-order chi connectivity index (χ1) is 10.7. The summed E-state index contributed by atoms with van der Waals surface area (Å²) in [5.41, 5.74) is 0.925. The van der Waals surface area contributed by atoms with Crippen LogP contribution in [0, 0.1) is 0 Å². The van der Waals surface area contributed by atoms with Crippen molar-refractivity contribution in [1.29, 1.82) is 0 Å². The highest BCUT2D eigenvalue weighted by Crippen LogP contribution is 2.25. The van der Waals surface area contributed by atoms with Crippen molar-refractivity contribution in [3.8, 4) is 0 Å². The second kappa shape index (κ2) is 8.38. The van der Waals surface area contributed by atoms with E-state index in [1.54, 1.807) is 0 Å². The number of aliphatic hydroxyl groups excluding tert-OH is 3. The minimum Gasteiger partial charge on any atom is -0.394 e. The molecule has 122 valence electrons. The van der Waals surface area contributed by atoms with E-state index in [9.17, 15) is 15.3 Å². The monoisotopic (exact) mass is 310 g/mol. The number of aliphatic hydroxyl groups is 3. The average Bonchev–Trinajstić information content (AvgIpc) is 2.55. The Balaban J connectivity index is 2.00. The van der Waals surface area contributed by atoms with Crippen LogP contribution in [0.2, 0.25) is 0 Å². The van der Waals surface area contributed by atoms with Crippen molar-refractivity contribution in [1.82, 2.24) is 0 Å². The fraction of sp³-hybridized carbons (Fsp3) is 0.500. The van der Waals surface area contributed by atoms with Gasteiger partial charge in [-0.3, -0.25) is 0 Å². The largest absolute Gasteiger partial charge is 0.394 e. The van der Waals surface area contributed by atoms with Crippen molar-refractivity contribution in [3.63, 3.8) is 0 Å². The van der Waals surface area contributed by atoms with Gasteiger partial charge in [0.2, 0.25) is 0 Å². The number of hydrogen-bond donors (Lipinski definition) is 3. The van der Waals surface area contributed by atoms with E-state index >= 15 is 0 Å². The molecule has 0 saturated carbocycles. The van der Waals surface area contributed by atoms with E-state index in [0.717, 1.165) is 5.56 Å². The summed E-state index contributed by atoms with van der Waals surface area (Å²) in [4.78, 5) is 0. The fourth-order valence-corrected chi connectivity index (χ4v) is 2.32. The minimum atomic E-state index is -1.17. The molecule has 3 N–H and O–H groups in total. The van der Waals surface area contributed by atoms with Crippen LogP contribution in [0.15, 0.2) is 43.0 Å². The van der Waals surface area contributed by atoms with Crippen LogP contribution in [0.25, 0.3) is 0 Å². The lowest BCUT2D eigenvalue weighted by molar-refractivity contribution is -0.309. The van der Waals surface area contributed by atoms with Gasteiger partial charge in [0.15, 0.2) is 6.29 Å². The van der Waals surface area contributed by atoms with Crippen molar-refractivity contribution >= 4 is 0 Å². The van der Waals surface area contributed by atoms with E-state index in [0.29, 0.717) is 0 Å². The SMILES string of the molecule is C=CCO[C@H]1[C@@H](O)[C@@H](CO)O[C@@H](OCc2ccccc2)[C@@H]1O. The molecule has 5 atom stereocenters. The zero-order valence-corrected chi connectivity index (χ0v) is 12.2. The summed E-state index contributed by atoms with van der Waals surface area (Å²) in [6.45, 7) is 3.54. The third-order valence-electron chi connectivity index (χ3n) is 3.49. The van der Waals surface area contributed by atoms with Crippen LogP contribution in [-0.2, 0) is 20.8 Å². The Kier molecular flexibility index (Phi) is 6.50. The van der Waals surface area contributed by atoms with E-state index in [-0.39, 0.29) is 13.2 Å². The van der Waals surface area contributed by atoms with E-state index in [4.69, 9.17) is 14.2 Å². The first kappa shape index (κ1) is 17.1. The normalized spacial score (nSPS) is 31.9. The molecule has 1 heterocycles. The molecule has 6 heteroatoms. The maximum absolute atomic E-state index is 10.3. The van der Waals surface area contributed by atoms with Gasteiger partial charge in [0.25, 0.3) is 0 Å². The summed E-state index contributed by atoms with van der Waals surface area (Å²) in [5.74, 6) is 0. The highest BCUT2D eigenvalue weighted by molar-refractivity contribution is 5.13. The molecule has 0 unspecified atom stereocenters. The second-order valence-electron chi connectivity index (χ2n) is 5.09. The lowest BCUT2D eigenvalue weighted by Crippen LogP contribution is -2.60. The zero-order chi connectivity index (χ0) is 15.9. The van der Waals surface area contributed by atoms with Gasteiger partial charge in [0, 0.05) is 0 Å². The lowest BCUT2D eigenvalue weighted by atomic mass is 9.99. The molecule has 0 radical (unpaired) electrons. The Morgan fingerprint density at radius 3 is 2.50 bits per heavy atom. The van der Waals surface area contributed by atoms with Crippen LogP contribution in [-0.4, -0.2) is 59.2 Å². The molecule has 0 aromatic heterocycles. The number of rotatable bonds is 7. The van der Waals surface area contributed by atoms with Gasteiger partial charge in [0.1, 0.15) is 24.4 Å². The highest BCUT2D eigenvalue weighted by atomic mass is 16.7. The van der Waals surface area contributed by atoms with E-state index in [1.165, 1.54) is 6.08 Å². The highest BCUT2D eigenvalue weighted by Gasteiger charge is 2.45. The summed E-state index contributed by atoms with van der Waals surface area (Å²) in [6.07, 6.45) is -3.57. The van der Waals surface area contributed by atoms with Crippen LogP contribution in [0.5, 0.6) is 0 Å². The van der Waals surface area contributed by atoms with Gasteiger partial charge in [-0.2, -0.15) is 0 Å². The maximum atomic E-state index is 10.3. The quantitative estimate of drug-likeness (QED) is 0.624. The molecule has 1 aromatic carbocycles. The predicted molar refractivity (Wildman–Crippen MR) is 78.9 cm³/mol. The molecular formula is C16H22O6. The van der Waals surface area contributed by atoms with Crippen LogP contribution in [0.1, 0.15) is 5.56 Å². The topological polar surface area (TPSA) is 88.4 Å². The zero-order valence-electron chi connectivity index (χ0n) is 12.2. The summed E-state index contributed by atoms with van der Waals surface area (Å²) in [5, 5.41) is 29.6. The van der Waals surface area contributed by atoms with Crippen molar-refractivity contribution in [2.24, 2.45) is 0 Å². The van der Waals surface area contributed by atoms with E-state index in [2.05, 4.69) is 6.58 Å². The fourth-order valence-electron chi connectivity index (χ4n) is 2.32. The van der Waals surface area contributed by atoms with Gasteiger partial charge in [-0.25, -0.2) is 0 Å². The van der Waals surface area contributed by atoms with Crippen LogP contribution < -0.4 is 0 Å². The molecule has 1 aromatic rings. The van der Waals surface area contributed by atoms with Crippen molar-refractivity contribution < 1.29 is 29.5 Å². The summed E-state index contributed by atoms with van der Waals surface area (Å²) in [7, 11) is 0. The Morgan fingerprint density at radius 2 is 1.86 bits per heavy atom. The van der Waals surface area contributed by atoms with Crippen LogP contribution in [0.4, 0.5) is 0 Å². The van der Waals surface area contributed by atoms with Crippen molar-refractivity contribution in [2.45, 2.75) is 37.3 Å². The molecule has 1 aliphatic heterocycles. The van der Waals surface area contributed by atoms with Crippen LogP contribution >= 0.6 is 0 Å². The van der Waals surface area contributed by atoms with Gasteiger partial charge >= 0.3 is 0 Å². The minimum absolute atomic E-state index is 0.169. The molecule has 22 heavy (non-hydrogen) atoms. The summed E-state index contributed by atoms with van der Waals surface area (Å²) < 4.78 is 16.4. The molecule has 1 fully saturated rings. The van der Waals surface area contributed by atoms with Gasteiger partial charge in [-0.05, 0) is 5.56 Å². The molecule has 1 saturated heterocycles. The smallest absolute Gasteiger partial charge is 0.187 e. The number of benzene rings is 1. The predicted octanol–water partition coefficient (Wildman–Crippen LogP) is 0.213. The molecular weight excluding hydrogens is 288 g/mol. The molecule has 6 nitrogen and oxygen atoms in total. The van der Waals surface area contributed by atoms with Gasteiger partial charge in [0.05, 0.1) is 19.8 Å². The molecule has 0 spiro atoms. The van der Waals surface area contributed by atoms with Crippen molar-refractivity contribution in [3.05, 3.63) is 48.6 Å². The Morgan fingerprint density at radius 1 is 1.14 bits per heavy atom. The van der Waals surface area contributed by atoms with Crippen LogP contribution in [0.3, 0.4) is 0 Å². The first-order valence-electron chi connectivity index (χ1n) is 7.18. The number of ether oxygens (including phenoxy) is 3. The molecule has 1 aliphatic rings. The molecule has 2 rings (SSSR count). The Labute approximate surface area is 129 Å². The van der Waals surface area contributed by atoms with Gasteiger partial charge in [-0.1, -0.05) is 36.4 Å². The van der Waals surface area contributed by atoms with Gasteiger partial charge < -0.3 is 29.5 Å². The lowest BCUT2D eigenvalue weighted by Gasteiger charge is -2.41. The third-order valence-corrected chi connectivity index (χ3v) is 3.49. The second-order valence-corrected chi connectivity index (χ2v) is 5.09. The standard InChI is InChI=1S/C16H22O6/c1-2-8-20-15-13(18)12(9-17)22-16(14(15)19)21-10-11-6-4-3-5-7-11/h2-7,12-19H,1,8-10H2/t12-,13+,14-,15+,16-/m1/s1. The molecule has 0 aliphatic carbocycles. The summed E-state index contributed by atoms with van der Waals surface area (Å²) in [6, 6.07) is 9.44. The molecule has 0 amide bonds. The summed E-state index contributed by atoms with van der Waals surface area (Å²) >= 11 is 0. The van der Waals surface area contributed by atoms with E-state index < -0.39 is 37.3 Å². The number of hydrogen-bond acceptors (Lipinski definition) is 6. The van der Waals surface area contributed by atoms with E-state index in [1.807, 2.05) is 30.3 Å².